The Morgan fingerprint density at radius 1 is 1.36 bits per heavy atom. The summed E-state index contributed by atoms with van der Waals surface area (Å²) < 4.78 is 5.98. The van der Waals surface area contributed by atoms with Gasteiger partial charge in [-0.25, -0.2) is 0 Å². The minimum atomic E-state index is -0.846. The molecular weight excluding hydrogens is 276 g/mol. The lowest BCUT2D eigenvalue weighted by molar-refractivity contribution is -0.0971. The molecule has 0 aromatic heterocycles. The van der Waals surface area contributed by atoms with Crippen LogP contribution >= 0.6 is 0 Å². The van der Waals surface area contributed by atoms with Gasteiger partial charge in [-0.3, -0.25) is 0 Å². The smallest absolute Gasteiger partial charge is 0.0989 e. The van der Waals surface area contributed by atoms with Crippen molar-refractivity contribution in [3.63, 3.8) is 0 Å². The number of hydrogen-bond acceptors (Lipinski definition) is 3. The third kappa shape index (κ3) is 4.54. The fourth-order valence-electron chi connectivity index (χ4n) is 2.52. The summed E-state index contributed by atoms with van der Waals surface area (Å²) in [5.41, 5.74) is 1.39. The van der Waals surface area contributed by atoms with Crippen LogP contribution in [-0.2, 0) is 11.3 Å². The minimum absolute atomic E-state index is 0.0975. The highest BCUT2D eigenvalue weighted by Gasteiger charge is 2.39. The monoisotopic (exact) mass is 304 g/mol. The van der Waals surface area contributed by atoms with Gasteiger partial charge in [-0.1, -0.05) is 61.9 Å². The lowest BCUT2D eigenvalue weighted by Crippen LogP contribution is -2.45. The second kappa shape index (κ2) is 8.89. The molecule has 0 heterocycles. The summed E-state index contributed by atoms with van der Waals surface area (Å²) in [7, 11) is 0. The Hall–Kier alpha value is -1.42. The molecule has 0 bridgehead atoms. The topological polar surface area (TPSA) is 49.7 Å². The average Bonchev–Trinajstić information content (AvgIpc) is 2.55. The van der Waals surface area contributed by atoms with E-state index in [0.717, 1.165) is 17.6 Å². The van der Waals surface area contributed by atoms with Gasteiger partial charge in [0.2, 0.25) is 0 Å². The molecular formula is C19H28O3. The molecule has 0 unspecified atom stereocenters. The van der Waals surface area contributed by atoms with Gasteiger partial charge in [0, 0.05) is 5.41 Å². The molecule has 3 atom stereocenters. The Bertz CT molecular complexity index is 481. The van der Waals surface area contributed by atoms with Crippen LogP contribution in [0.3, 0.4) is 0 Å². The van der Waals surface area contributed by atoms with Crippen molar-refractivity contribution in [1.82, 2.24) is 0 Å². The molecule has 0 saturated heterocycles. The number of ether oxygens (including phenoxy) is 1. The van der Waals surface area contributed by atoms with Crippen molar-refractivity contribution >= 4 is 0 Å². The molecule has 1 aromatic carbocycles. The largest absolute Gasteiger partial charge is 0.395 e. The normalized spacial score (nSPS) is 17.6. The third-order valence-corrected chi connectivity index (χ3v) is 4.19. The van der Waals surface area contributed by atoms with Crippen LogP contribution in [0.5, 0.6) is 0 Å². The van der Waals surface area contributed by atoms with Crippen LogP contribution in [-0.4, -0.2) is 29.0 Å². The standard InChI is InChI=1S/C19H28O3/c1-5-10-15(3)19(4,14-20)18(17(21)6-2)22-13-16-11-8-7-9-12-16/h6-12,17-18,20-21H,2,5,13-14H2,1,3-4H3/b15-10+/t17-,18+,19+/m1/s1. The van der Waals surface area contributed by atoms with Crippen molar-refractivity contribution < 1.29 is 14.9 Å². The Kier molecular flexibility index (Phi) is 7.52. The second-order valence-electron chi connectivity index (χ2n) is 5.81. The average molecular weight is 304 g/mol. The molecule has 1 rings (SSSR count). The predicted molar refractivity (Wildman–Crippen MR) is 90.5 cm³/mol. The van der Waals surface area contributed by atoms with Crippen molar-refractivity contribution in [3.8, 4) is 0 Å². The van der Waals surface area contributed by atoms with Gasteiger partial charge in [-0.05, 0) is 18.9 Å². The molecule has 0 aliphatic carbocycles. The van der Waals surface area contributed by atoms with Gasteiger partial charge in [0.15, 0.2) is 0 Å². The van der Waals surface area contributed by atoms with Crippen molar-refractivity contribution in [2.75, 3.05) is 6.61 Å². The van der Waals surface area contributed by atoms with E-state index < -0.39 is 17.6 Å². The molecule has 22 heavy (non-hydrogen) atoms. The number of benzene rings is 1. The molecule has 0 fully saturated rings. The first-order valence-corrected chi connectivity index (χ1v) is 7.73. The summed E-state index contributed by atoms with van der Waals surface area (Å²) >= 11 is 0. The lowest BCUT2D eigenvalue weighted by atomic mass is 9.75. The second-order valence-corrected chi connectivity index (χ2v) is 5.81. The molecule has 3 nitrogen and oxygen atoms in total. The molecule has 3 heteroatoms. The van der Waals surface area contributed by atoms with Crippen molar-refractivity contribution in [3.05, 3.63) is 60.2 Å². The Balaban J connectivity index is 3.00. The lowest BCUT2D eigenvalue weighted by Gasteiger charge is -2.39. The van der Waals surface area contributed by atoms with E-state index in [4.69, 9.17) is 4.74 Å². The maximum Gasteiger partial charge on any atom is 0.0989 e. The van der Waals surface area contributed by atoms with Gasteiger partial charge in [0.05, 0.1) is 25.4 Å². The first-order valence-electron chi connectivity index (χ1n) is 7.73. The minimum Gasteiger partial charge on any atom is -0.395 e. The molecule has 0 spiro atoms. The van der Waals surface area contributed by atoms with Crippen LogP contribution in [0.1, 0.15) is 32.8 Å². The summed E-state index contributed by atoms with van der Waals surface area (Å²) in [6.07, 6.45) is 2.99. The quantitative estimate of drug-likeness (QED) is 0.687. The zero-order valence-corrected chi connectivity index (χ0v) is 13.8. The molecule has 122 valence electrons. The van der Waals surface area contributed by atoms with Crippen LogP contribution < -0.4 is 0 Å². The van der Waals surface area contributed by atoms with Gasteiger partial charge in [0.25, 0.3) is 0 Å². The molecule has 0 saturated carbocycles. The number of aliphatic hydroxyl groups excluding tert-OH is 2. The molecule has 2 N–H and O–H groups in total. The van der Waals surface area contributed by atoms with Gasteiger partial charge >= 0.3 is 0 Å². The molecule has 0 aliphatic heterocycles. The van der Waals surface area contributed by atoms with E-state index in [0.29, 0.717) is 6.61 Å². The summed E-state index contributed by atoms with van der Waals surface area (Å²) in [6, 6.07) is 9.80. The van der Waals surface area contributed by atoms with Crippen LogP contribution in [0.4, 0.5) is 0 Å². The molecule has 0 radical (unpaired) electrons. The van der Waals surface area contributed by atoms with Crippen molar-refractivity contribution in [2.24, 2.45) is 5.41 Å². The highest BCUT2D eigenvalue weighted by Crippen LogP contribution is 2.35. The molecule has 1 aromatic rings. The Morgan fingerprint density at radius 2 is 2.00 bits per heavy atom. The maximum atomic E-state index is 10.3. The zero-order valence-electron chi connectivity index (χ0n) is 13.8. The Morgan fingerprint density at radius 3 is 2.50 bits per heavy atom. The van der Waals surface area contributed by atoms with Crippen LogP contribution in [0.2, 0.25) is 0 Å². The van der Waals surface area contributed by atoms with E-state index in [9.17, 15) is 10.2 Å². The van der Waals surface area contributed by atoms with Crippen molar-refractivity contribution in [1.29, 1.82) is 0 Å². The van der Waals surface area contributed by atoms with E-state index in [-0.39, 0.29) is 6.61 Å². The van der Waals surface area contributed by atoms with Gasteiger partial charge in [0.1, 0.15) is 0 Å². The van der Waals surface area contributed by atoms with Crippen LogP contribution in [0.25, 0.3) is 0 Å². The first kappa shape index (κ1) is 18.6. The molecule has 0 amide bonds. The van der Waals surface area contributed by atoms with Gasteiger partial charge in [-0.15, -0.1) is 6.58 Å². The number of allylic oxidation sites excluding steroid dienone is 1. The number of rotatable bonds is 9. The first-order chi connectivity index (χ1) is 10.5. The number of aliphatic hydroxyl groups is 2. The SMILES string of the molecule is C=C[C@@H](O)[C@H](OCc1ccccc1)[C@@](C)(CO)/C(C)=C/CC. The van der Waals surface area contributed by atoms with Crippen LogP contribution in [0.15, 0.2) is 54.6 Å². The summed E-state index contributed by atoms with van der Waals surface area (Å²) in [5, 5.41) is 20.2. The summed E-state index contributed by atoms with van der Waals surface area (Å²) in [4.78, 5) is 0. The summed E-state index contributed by atoms with van der Waals surface area (Å²) in [5.74, 6) is 0. The zero-order chi connectivity index (χ0) is 16.6. The molecule has 0 aliphatic rings. The van der Waals surface area contributed by atoms with Crippen LogP contribution in [0, 0.1) is 5.41 Å². The van der Waals surface area contributed by atoms with Gasteiger partial charge in [-0.2, -0.15) is 0 Å². The van der Waals surface area contributed by atoms with E-state index in [1.165, 1.54) is 6.08 Å². The fourth-order valence-corrected chi connectivity index (χ4v) is 2.52. The van der Waals surface area contributed by atoms with E-state index in [2.05, 4.69) is 12.7 Å². The van der Waals surface area contributed by atoms with Gasteiger partial charge < -0.3 is 14.9 Å². The fraction of sp³-hybridized carbons (Fsp3) is 0.474. The summed E-state index contributed by atoms with van der Waals surface area (Å²) in [6.45, 7) is 9.87. The Labute approximate surface area is 133 Å². The highest BCUT2D eigenvalue weighted by molar-refractivity contribution is 5.17. The van der Waals surface area contributed by atoms with Crippen molar-refractivity contribution in [2.45, 2.75) is 46.0 Å². The highest BCUT2D eigenvalue weighted by atomic mass is 16.5. The van der Waals surface area contributed by atoms with E-state index in [1.807, 2.05) is 51.1 Å². The van der Waals surface area contributed by atoms with E-state index >= 15 is 0 Å². The third-order valence-electron chi connectivity index (χ3n) is 4.19. The van der Waals surface area contributed by atoms with E-state index in [1.54, 1.807) is 0 Å². The predicted octanol–water partition coefficient (Wildman–Crippen LogP) is 3.47. The maximum absolute atomic E-state index is 10.3. The number of hydrogen-bond donors (Lipinski definition) is 2.